The largest absolute Gasteiger partial charge is 0.337 e. The molecule has 100 valence electrons. The third-order valence-corrected chi connectivity index (χ3v) is 4.86. The number of nitrogens with zero attached hydrogens (tertiary/aromatic N) is 1. The topological polar surface area (TPSA) is 20.3 Å². The molecule has 2 nitrogen and oxygen atoms in total. The maximum atomic E-state index is 12.4. The van der Waals surface area contributed by atoms with E-state index in [0.717, 1.165) is 24.9 Å². The molecule has 0 aliphatic carbocycles. The molecule has 0 aliphatic heterocycles. The number of aryl methyl sites for hydroxylation is 1. The zero-order valence-corrected chi connectivity index (χ0v) is 14.6. The van der Waals surface area contributed by atoms with E-state index in [1.165, 1.54) is 0 Å². The summed E-state index contributed by atoms with van der Waals surface area (Å²) in [5, 5.41) is 2.06. The smallest absolute Gasteiger partial charge is 0.254 e. The molecule has 0 atom stereocenters. The molecule has 0 aliphatic rings. The van der Waals surface area contributed by atoms with Crippen molar-refractivity contribution in [3.8, 4) is 0 Å². The zero-order valence-electron chi connectivity index (χ0n) is 10.6. The number of amides is 1. The van der Waals surface area contributed by atoms with Crippen LogP contribution in [0.2, 0.25) is 0 Å². The Balaban J connectivity index is 2.16. The minimum atomic E-state index is 0.0427. The van der Waals surface area contributed by atoms with Gasteiger partial charge in [0.05, 0.1) is 3.79 Å². The highest BCUT2D eigenvalue weighted by Gasteiger charge is 2.15. The summed E-state index contributed by atoms with van der Waals surface area (Å²) in [6.07, 6.45) is 0. The van der Waals surface area contributed by atoms with Crippen LogP contribution in [-0.4, -0.2) is 17.9 Å². The predicted molar refractivity (Wildman–Crippen MR) is 86.7 cm³/mol. The number of benzene rings is 1. The van der Waals surface area contributed by atoms with Crippen molar-refractivity contribution in [3.05, 3.63) is 54.6 Å². The molecule has 0 radical (unpaired) electrons. The lowest BCUT2D eigenvalue weighted by molar-refractivity contribution is 0.0784. The normalized spacial score (nSPS) is 10.5. The fourth-order valence-electron chi connectivity index (χ4n) is 1.80. The lowest BCUT2D eigenvalue weighted by atomic mass is 10.1. The van der Waals surface area contributed by atoms with E-state index in [9.17, 15) is 4.79 Å². The van der Waals surface area contributed by atoms with Crippen molar-refractivity contribution in [3.63, 3.8) is 0 Å². The van der Waals surface area contributed by atoms with E-state index in [1.807, 2.05) is 38.2 Å². The number of halogens is 2. The maximum absolute atomic E-state index is 12.4. The molecule has 0 saturated carbocycles. The van der Waals surface area contributed by atoms with Crippen molar-refractivity contribution >= 4 is 49.1 Å². The van der Waals surface area contributed by atoms with Crippen molar-refractivity contribution in [2.24, 2.45) is 0 Å². The maximum Gasteiger partial charge on any atom is 0.254 e. The van der Waals surface area contributed by atoms with Crippen molar-refractivity contribution in [2.45, 2.75) is 13.5 Å². The highest BCUT2D eigenvalue weighted by atomic mass is 79.9. The third kappa shape index (κ3) is 3.68. The summed E-state index contributed by atoms with van der Waals surface area (Å²) in [6.45, 7) is 2.57. The molecule has 0 saturated heterocycles. The van der Waals surface area contributed by atoms with Crippen LogP contribution in [-0.2, 0) is 6.54 Å². The lowest BCUT2D eigenvalue weighted by Crippen LogP contribution is -2.26. The first-order valence-corrected chi connectivity index (χ1v) is 8.18. The summed E-state index contributed by atoms with van der Waals surface area (Å²) in [6, 6.07) is 7.81. The molecule has 0 fully saturated rings. The molecular weight excluding hydrogens is 390 g/mol. The average Bonchev–Trinajstić information content (AvgIpc) is 2.77. The van der Waals surface area contributed by atoms with Crippen LogP contribution in [0.25, 0.3) is 0 Å². The summed E-state index contributed by atoms with van der Waals surface area (Å²) >= 11 is 8.47. The second-order valence-corrected chi connectivity index (χ2v) is 7.59. The van der Waals surface area contributed by atoms with Gasteiger partial charge in [-0.05, 0) is 57.6 Å². The molecule has 19 heavy (non-hydrogen) atoms. The zero-order chi connectivity index (χ0) is 14.0. The Kier molecular flexibility index (Phi) is 4.81. The van der Waals surface area contributed by atoms with Gasteiger partial charge in [-0.3, -0.25) is 4.79 Å². The number of carbonyl (C=O) groups excluding carboxylic acids is 1. The summed E-state index contributed by atoms with van der Waals surface area (Å²) in [5.41, 5.74) is 2.87. The summed E-state index contributed by atoms with van der Waals surface area (Å²) in [4.78, 5) is 14.2. The second-order valence-electron chi connectivity index (χ2n) is 4.38. The van der Waals surface area contributed by atoms with Gasteiger partial charge in [-0.1, -0.05) is 22.0 Å². The molecular formula is C14H13Br2NOS. The molecule has 1 heterocycles. The van der Waals surface area contributed by atoms with Crippen LogP contribution in [0.5, 0.6) is 0 Å². The van der Waals surface area contributed by atoms with E-state index in [1.54, 1.807) is 16.2 Å². The van der Waals surface area contributed by atoms with E-state index in [2.05, 4.69) is 37.2 Å². The first-order chi connectivity index (χ1) is 8.97. The van der Waals surface area contributed by atoms with Gasteiger partial charge in [0.2, 0.25) is 0 Å². The standard InChI is InChI=1S/C14H13Br2NOS/c1-9-3-4-11(15)6-12(9)14(18)17(2)7-10-5-13(16)19-8-10/h3-6,8H,7H2,1-2H3. The molecule has 1 aromatic carbocycles. The van der Waals surface area contributed by atoms with Gasteiger partial charge in [0, 0.05) is 23.6 Å². The quantitative estimate of drug-likeness (QED) is 0.718. The molecule has 1 amide bonds. The van der Waals surface area contributed by atoms with Crippen LogP contribution < -0.4 is 0 Å². The van der Waals surface area contributed by atoms with Crippen LogP contribution in [0.4, 0.5) is 0 Å². The SMILES string of the molecule is Cc1ccc(Br)cc1C(=O)N(C)Cc1csc(Br)c1. The van der Waals surface area contributed by atoms with Crippen molar-refractivity contribution in [1.29, 1.82) is 0 Å². The third-order valence-electron chi connectivity index (χ3n) is 2.82. The van der Waals surface area contributed by atoms with Gasteiger partial charge in [-0.2, -0.15) is 0 Å². The molecule has 1 aromatic heterocycles. The lowest BCUT2D eigenvalue weighted by Gasteiger charge is -2.18. The van der Waals surface area contributed by atoms with Crippen LogP contribution >= 0.6 is 43.2 Å². The number of hydrogen-bond acceptors (Lipinski definition) is 2. The van der Waals surface area contributed by atoms with E-state index in [4.69, 9.17) is 0 Å². The Bertz CT molecular complexity index is 609. The van der Waals surface area contributed by atoms with Gasteiger partial charge >= 0.3 is 0 Å². The Morgan fingerprint density at radius 3 is 2.68 bits per heavy atom. The highest BCUT2D eigenvalue weighted by Crippen LogP contribution is 2.23. The number of rotatable bonds is 3. The molecule has 0 bridgehead atoms. The summed E-state index contributed by atoms with van der Waals surface area (Å²) < 4.78 is 2.01. The monoisotopic (exact) mass is 401 g/mol. The molecule has 0 spiro atoms. The Morgan fingerprint density at radius 1 is 1.32 bits per heavy atom. The van der Waals surface area contributed by atoms with Crippen LogP contribution in [0.1, 0.15) is 21.5 Å². The van der Waals surface area contributed by atoms with E-state index in [-0.39, 0.29) is 5.91 Å². The minimum Gasteiger partial charge on any atom is -0.337 e. The van der Waals surface area contributed by atoms with Gasteiger partial charge in [-0.15, -0.1) is 11.3 Å². The van der Waals surface area contributed by atoms with E-state index < -0.39 is 0 Å². The van der Waals surface area contributed by atoms with Gasteiger partial charge in [-0.25, -0.2) is 0 Å². The number of carbonyl (C=O) groups is 1. The summed E-state index contributed by atoms with van der Waals surface area (Å²) in [5.74, 6) is 0.0427. The Morgan fingerprint density at radius 2 is 2.05 bits per heavy atom. The van der Waals surface area contributed by atoms with Crippen LogP contribution in [0.3, 0.4) is 0 Å². The summed E-state index contributed by atoms with van der Waals surface area (Å²) in [7, 11) is 1.83. The fraction of sp³-hybridized carbons (Fsp3) is 0.214. The van der Waals surface area contributed by atoms with Crippen LogP contribution in [0, 0.1) is 6.92 Å². The second kappa shape index (κ2) is 6.20. The molecule has 2 aromatic rings. The predicted octanol–water partition coefficient (Wildman–Crippen LogP) is 4.85. The van der Waals surface area contributed by atoms with Crippen molar-refractivity contribution in [2.75, 3.05) is 7.05 Å². The van der Waals surface area contributed by atoms with Gasteiger partial charge in [0.25, 0.3) is 5.91 Å². The first kappa shape index (κ1) is 14.8. The molecule has 0 N–H and O–H groups in total. The van der Waals surface area contributed by atoms with Crippen molar-refractivity contribution < 1.29 is 4.79 Å². The Labute approximate surface area is 133 Å². The van der Waals surface area contributed by atoms with Gasteiger partial charge < -0.3 is 4.90 Å². The van der Waals surface area contributed by atoms with Gasteiger partial charge in [0.1, 0.15) is 0 Å². The van der Waals surface area contributed by atoms with Crippen molar-refractivity contribution in [1.82, 2.24) is 4.90 Å². The minimum absolute atomic E-state index is 0.0427. The highest BCUT2D eigenvalue weighted by molar-refractivity contribution is 9.11. The van der Waals surface area contributed by atoms with E-state index in [0.29, 0.717) is 6.54 Å². The van der Waals surface area contributed by atoms with Crippen LogP contribution in [0.15, 0.2) is 37.9 Å². The number of thiophene rings is 1. The van der Waals surface area contributed by atoms with Gasteiger partial charge in [0.15, 0.2) is 0 Å². The Hall–Kier alpha value is -0.650. The first-order valence-electron chi connectivity index (χ1n) is 5.72. The average molecular weight is 403 g/mol. The number of hydrogen-bond donors (Lipinski definition) is 0. The molecule has 0 unspecified atom stereocenters. The fourth-order valence-corrected chi connectivity index (χ4v) is 3.37. The molecule has 2 rings (SSSR count). The molecule has 5 heteroatoms. The van der Waals surface area contributed by atoms with E-state index >= 15 is 0 Å².